The van der Waals surface area contributed by atoms with Crippen LogP contribution in [0, 0.1) is 0 Å². The number of hydrogen-bond donors (Lipinski definition) is 0. The summed E-state index contributed by atoms with van der Waals surface area (Å²) in [5.41, 5.74) is 2.00. The summed E-state index contributed by atoms with van der Waals surface area (Å²) in [5, 5.41) is 0. The molecule has 0 spiro atoms. The summed E-state index contributed by atoms with van der Waals surface area (Å²) in [6.45, 7) is 3.42. The number of hydrogen-bond acceptors (Lipinski definition) is 4. The van der Waals surface area contributed by atoms with E-state index in [-0.39, 0.29) is 23.9 Å². The number of sulfonamides is 1. The summed E-state index contributed by atoms with van der Waals surface area (Å²) in [4.78, 5) is 17.5. The van der Waals surface area contributed by atoms with Gasteiger partial charge < -0.3 is 4.90 Å². The van der Waals surface area contributed by atoms with Crippen molar-refractivity contribution in [2.75, 3.05) is 39.3 Å². The van der Waals surface area contributed by atoms with Gasteiger partial charge in [0.1, 0.15) is 0 Å². The van der Waals surface area contributed by atoms with E-state index in [9.17, 15) is 13.2 Å². The first kappa shape index (κ1) is 26.3. The predicted octanol–water partition coefficient (Wildman–Crippen LogP) is 4.50. The van der Waals surface area contributed by atoms with E-state index in [0.717, 1.165) is 35.2 Å². The van der Waals surface area contributed by atoms with E-state index in [2.05, 4.69) is 45.1 Å². The van der Waals surface area contributed by atoms with Crippen LogP contribution in [0.15, 0.2) is 100 Å². The Balaban J connectivity index is 1.39. The maximum absolute atomic E-state index is 13.5. The van der Waals surface area contributed by atoms with Gasteiger partial charge in [0.25, 0.3) is 0 Å². The van der Waals surface area contributed by atoms with Crippen LogP contribution in [0.5, 0.6) is 0 Å². The minimum absolute atomic E-state index is 0.134. The Hall–Kier alpha value is -2.78. The molecule has 0 N–H and O–H groups in total. The maximum atomic E-state index is 13.5. The number of piperazine rings is 1. The predicted molar refractivity (Wildman–Crippen MR) is 147 cm³/mol. The number of rotatable bonds is 9. The zero-order valence-electron chi connectivity index (χ0n) is 20.0. The van der Waals surface area contributed by atoms with Crippen molar-refractivity contribution >= 4 is 37.9 Å². The second-order valence-corrected chi connectivity index (χ2v) is 11.6. The Kier molecular flexibility index (Phi) is 9.09. The Morgan fingerprint density at radius 1 is 0.861 bits per heavy atom. The van der Waals surface area contributed by atoms with Gasteiger partial charge >= 0.3 is 0 Å². The van der Waals surface area contributed by atoms with Gasteiger partial charge in [-0.1, -0.05) is 88.7 Å². The lowest BCUT2D eigenvalue weighted by atomic mass is 10.2. The Morgan fingerprint density at radius 3 is 2.11 bits per heavy atom. The molecule has 1 aliphatic heterocycles. The van der Waals surface area contributed by atoms with Gasteiger partial charge in [-0.15, -0.1) is 0 Å². The highest BCUT2D eigenvalue weighted by Crippen LogP contribution is 2.21. The first-order valence-corrected chi connectivity index (χ1v) is 14.2. The number of benzene rings is 3. The quantitative estimate of drug-likeness (QED) is 0.382. The van der Waals surface area contributed by atoms with E-state index in [0.29, 0.717) is 13.1 Å². The first-order valence-electron chi connectivity index (χ1n) is 11.9. The molecule has 6 nitrogen and oxygen atoms in total. The molecule has 8 heteroatoms. The minimum atomic E-state index is -3.85. The molecule has 3 aromatic rings. The van der Waals surface area contributed by atoms with Crippen LogP contribution in [-0.2, 0) is 21.4 Å². The average Bonchev–Trinajstić information content (AvgIpc) is 2.90. The molecule has 36 heavy (non-hydrogen) atoms. The highest BCUT2D eigenvalue weighted by Gasteiger charge is 2.30. The molecule has 1 saturated heterocycles. The average molecular weight is 569 g/mol. The smallest absolute Gasteiger partial charge is 0.243 e. The molecule has 0 bridgehead atoms. The molecule has 0 aliphatic carbocycles. The van der Waals surface area contributed by atoms with Gasteiger partial charge in [0.2, 0.25) is 15.9 Å². The fraction of sp³-hybridized carbons (Fsp3) is 0.250. The summed E-state index contributed by atoms with van der Waals surface area (Å²) in [7, 11) is -3.85. The van der Waals surface area contributed by atoms with Gasteiger partial charge in [0.05, 0.1) is 11.4 Å². The minimum Gasteiger partial charge on any atom is -0.339 e. The fourth-order valence-corrected chi connectivity index (χ4v) is 5.74. The van der Waals surface area contributed by atoms with Crippen molar-refractivity contribution in [1.29, 1.82) is 0 Å². The van der Waals surface area contributed by atoms with E-state index in [1.807, 2.05) is 48.5 Å². The van der Waals surface area contributed by atoms with Gasteiger partial charge in [-0.25, -0.2) is 8.42 Å². The normalized spacial score (nSPS) is 15.0. The number of carbonyl (C=O) groups excluding carboxylic acids is 1. The van der Waals surface area contributed by atoms with Crippen molar-refractivity contribution in [2.24, 2.45) is 0 Å². The lowest BCUT2D eigenvalue weighted by Crippen LogP contribution is -2.51. The molecule has 0 radical (unpaired) electrons. The third kappa shape index (κ3) is 7.13. The zero-order chi connectivity index (χ0) is 25.4. The maximum Gasteiger partial charge on any atom is 0.243 e. The lowest BCUT2D eigenvalue weighted by molar-refractivity contribution is -0.133. The molecular formula is C28H30BrN3O3S. The monoisotopic (exact) mass is 567 g/mol. The van der Waals surface area contributed by atoms with Crippen LogP contribution in [0.1, 0.15) is 11.1 Å². The zero-order valence-corrected chi connectivity index (χ0v) is 22.4. The number of amides is 1. The molecule has 0 aromatic heterocycles. The van der Waals surface area contributed by atoms with E-state index in [1.165, 1.54) is 4.31 Å². The van der Waals surface area contributed by atoms with Crippen molar-refractivity contribution in [2.45, 2.75) is 11.4 Å². The summed E-state index contributed by atoms with van der Waals surface area (Å²) in [6, 6.07) is 26.0. The molecule has 0 unspecified atom stereocenters. The topological polar surface area (TPSA) is 60.9 Å². The Morgan fingerprint density at radius 2 is 1.47 bits per heavy atom. The lowest BCUT2D eigenvalue weighted by Gasteiger charge is -2.35. The molecule has 1 aliphatic rings. The van der Waals surface area contributed by atoms with Crippen LogP contribution in [0.4, 0.5) is 0 Å². The Labute approximate surface area is 222 Å². The molecular weight excluding hydrogens is 538 g/mol. The SMILES string of the molecule is O=C(CN(Cc1ccccc1)S(=O)(=O)c1ccc(Br)cc1)N1CCN(C/C=C/c2ccccc2)CC1. The van der Waals surface area contributed by atoms with Crippen LogP contribution in [-0.4, -0.2) is 67.7 Å². The van der Waals surface area contributed by atoms with E-state index in [1.54, 1.807) is 29.2 Å². The summed E-state index contributed by atoms with van der Waals surface area (Å²) >= 11 is 3.35. The van der Waals surface area contributed by atoms with Crippen molar-refractivity contribution < 1.29 is 13.2 Å². The van der Waals surface area contributed by atoms with Crippen molar-refractivity contribution in [3.63, 3.8) is 0 Å². The molecule has 4 rings (SSSR count). The van der Waals surface area contributed by atoms with Crippen LogP contribution < -0.4 is 0 Å². The number of halogens is 1. The van der Waals surface area contributed by atoms with Gasteiger partial charge in [-0.05, 0) is 35.4 Å². The molecule has 0 saturated carbocycles. The molecule has 1 fully saturated rings. The highest BCUT2D eigenvalue weighted by molar-refractivity contribution is 9.10. The van der Waals surface area contributed by atoms with Crippen LogP contribution in [0.3, 0.4) is 0 Å². The van der Waals surface area contributed by atoms with Gasteiger partial charge in [-0.2, -0.15) is 4.31 Å². The molecule has 3 aromatic carbocycles. The molecule has 0 atom stereocenters. The van der Waals surface area contributed by atoms with Crippen molar-refractivity contribution in [3.05, 3.63) is 107 Å². The third-order valence-corrected chi connectivity index (χ3v) is 8.50. The molecule has 1 heterocycles. The van der Waals surface area contributed by atoms with Gasteiger partial charge in [0.15, 0.2) is 0 Å². The van der Waals surface area contributed by atoms with Gasteiger partial charge in [-0.3, -0.25) is 9.69 Å². The van der Waals surface area contributed by atoms with E-state index < -0.39 is 10.0 Å². The first-order chi connectivity index (χ1) is 17.4. The van der Waals surface area contributed by atoms with Crippen LogP contribution >= 0.6 is 15.9 Å². The van der Waals surface area contributed by atoms with E-state index in [4.69, 9.17) is 0 Å². The summed E-state index contributed by atoms with van der Waals surface area (Å²) in [5.74, 6) is -0.175. The summed E-state index contributed by atoms with van der Waals surface area (Å²) < 4.78 is 29.0. The molecule has 1 amide bonds. The number of carbonyl (C=O) groups is 1. The van der Waals surface area contributed by atoms with Gasteiger partial charge in [0, 0.05) is 43.7 Å². The van der Waals surface area contributed by atoms with E-state index >= 15 is 0 Å². The van der Waals surface area contributed by atoms with Crippen LogP contribution in [0.25, 0.3) is 6.08 Å². The highest BCUT2D eigenvalue weighted by atomic mass is 79.9. The fourth-order valence-electron chi connectivity index (χ4n) is 4.10. The second-order valence-electron chi connectivity index (χ2n) is 8.71. The Bertz CT molecular complexity index is 1260. The number of nitrogens with zero attached hydrogens (tertiary/aromatic N) is 3. The third-order valence-electron chi connectivity index (χ3n) is 6.16. The molecule has 188 valence electrons. The largest absolute Gasteiger partial charge is 0.339 e. The summed E-state index contributed by atoms with van der Waals surface area (Å²) in [6.07, 6.45) is 4.24. The second kappa shape index (κ2) is 12.5. The van der Waals surface area contributed by atoms with Crippen molar-refractivity contribution in [3.8, 4) is 0 Å². The van der Waals surface area contributed by atoms with Crippen LogP contribution in [0.2, 0.25) is 0 Å². The van der Waals surface area contributed by atoms with Crippen molar-refractivity contribution in [1.82, 2.24) is 14.1 Å². The standard InChI is InChI=1S/C28H30BrN3O3S/c29-26-13-15-27(16-14-26)36(34,35)32(22-25-10-5-2-6-11-25)23-28(33)31-20-18-30(19-21-31)17-7-12-24-8-3-1-4-9-24/h1-16H,17-23H2/b12-7+.